The van der Waals surface area contributed by atoms with Crippen LogP contribution in [0, 0.1) is 12.7 Å². The van der Waals surface area contributed by atoms with Crippen LogP contribution in [0.3, 0.4) is 0 Å². The van der Waals surface area contributed by atoms with E-state index in [0.717, 1.165) is 22.5 Å². The maximum Gasteiger partial charge on any atom is 0.286 e. The highest BCUT2D eigenvalue weighted by Crippen LogP contribution is 2.18. The van der Waals surface area contributed by atoms with Crippen LogP contribution in [0.2, 0.25) is 0 Å². The molecule has 0 fully saturated rings. The van der Waals surface area contributed by atoms with Crippen molar-refractivity contribution >= 4 is 28.8 Å². The zero-order valence-electron chi connectivity index (χ0n) is 18.2. The largest absolute Gasteiger partial charge is 0.486 e. The Hall–Kier alpha value is -4.11. The van der Waals surface area contributed by atoms with Gasteiger partial charge in [-0.15, -0.1) is 10.2 Å². The van der Waals surface area contributed by atoms with Gasteiger partial charge >= 0.3 is 0 Å². The number of ether oxygens (including phenoxy) is 1. The van der Waals surface area contributed by atoms with Crippen molar-refractivity contribution in [3.8, 4) is 5.75 Å². The van der Waals surface area contributed by atoms with Gasteiger partial charge in [-0.2, -0.15) is 0 Å². The van der Waals surface area contributed by atoms with E-state index in [1.165, 1.54) is 24.3 Å². The van der Waals surface area contributed by atoms with Crippen molar-refractivity contribution in [2.45, 2.75) is 20.1 Å². The van der Waals surface area contributed by atoms with E-state index in [9.17, 15) is 14.0 Å². The molecule has 0 saturated heterocycles. The lowest BCUT2D eigenvalue weighted by Crippen LogP contribution is -2.23. The van der Waals surface area contributed by atoms with Gasteiger partial charge in [0.2, 0.25) is 5.01 Å². The van der Waals surface area contributed by atoms with Crippen LogP contribution in [0.1, 0.15) is 36.3 Å². The number of aryl methyl sites for hydroxylation is 1. The second kappa shape index (κ2) is 10.7. The van der Waals surface area contributed by atoms with Gasteiger partial charge in [-0.1, -0.05) is 35.6 Å². The number of amides is 2. The van der Waals surface area contributed by atoms with Gasteiger partial charge in [0.1, 0.15) is 18.2 Å². The first-order chi connectivity index (χ1) is 16.5. The molecule has 0 aliphatic rings. The lowest BCUT2D eigenvalue weighted by Gasteiger charge is -2.09. The quantitative estimate of drug-likeness (QED) is 0.383. The molecule has 0 aliphatic heterocycles. The lowest BCUT2D eigenvalue weighted by atomic mass is 10.1. The summed E-state index contributed by atoms with van der Waals surface area (Å²) in [6.45, 7) is 2.55. The molecule has 0 saturated carbocycles. The number of benzene rings is 3. The molecule has 9 heteroatoms. The number of nitrogens with one attached hydrogen (secondary N) is 2. The van der Waals surface area contributed by atoms with Gasteiger partial charge < -0.3 is 15.4 Å². The third-order valence-corrected chi connectivity index (χ3v) is 5.84. The minimum atomic E-state index is -0.415. The van der Waals surface area contributed by atoms with Gasteiger partial charge in [0.05, 0.1) is 0 Å². The molecule has 7 nitrogen and oxygen atoms in total. The van der Waals surface area contributed by atoms with E-state index < -0.39 is 5.91 Å². The molecular formula is C25H21FN4O3S. The Morgan fingerprint density at radius 2 is 1.68 bits per heavy atom. The van der Waals surface area contributed by atoms with Crippen LogP contribution < -0.4 is 15.4 Å². The summed E-state index contributed by atoms with van der Waals surface area (Å²) in [4.78, 5) is 24.9. The Balaban J connectivity index is 1.29. The summed E-state index contributed by atoms with van der Waals surface area (Å²) in [5, 5.41) is 14.2. The van der Waals surface area contributed by atoms with Gasteiger partial charge in [-0.05, 0) is 66.6 Å². The molecule has 0 spiro atoms. The standard InChI is InChI=1S/C25H21FN4O3S/c1-16-4-2-3-5-18(16)14-27-23(31)17-6-10-20(11-7-17)28-24(32)25-30-29-22(34-25)15-33-21-12-8-19(26)9-13-21/h2-13H,14-15H2,1H3,(H,27,31)(H,28,32). The van der Waals surface area contributed by atoms with Crippen molar-refractivity contribution in [2.75, 3.05) is 5.32 Å². The van der Waals surface area contributed by atoms with E-state index in [1.807, 2.05) is 31.2 Å². The van der Waals surface area contributed by atoms with E-state index in [2.05, 4.69) is 20.8 Å². The minimum Gasteiger partial charge on any atom is -0.486 e. The Bertz CT molecular complexity index is 1290. The second-order valence-electron chi connectivity index (χ2n) is 7.38. The van der Waals surface area contributed by atoms with Gasteiger partial charge in [0, 0.05) is 17.8 Å². The first-order valence-electron chi connectivity index (χ1n) is 10.4. The van der Waals surface area contributed by atoms with Crippen LogP contribution in [0.15, 0.2) is 72.8 Å². The number of hydrogen-bond donors (Lipinski definition) is 2. The number of carbonyl (C=O) groups excluding carboxylic acids is 2. The summed E-state index contributed by atoms with van der Waals surface area (Å²) in [6.07, 6.45) is 0. The molecule has 2 N–H and O–H groups in total. The molecule has 4 rings (SSSR count). The number of hydrogen-bond acceptors (Lipinski definition) is 6. The van der Waals surface area contributed by atoms with Crippen LogP contribution in [-0.2, 0) is 13.2 Å². The van der Waals surface area contributed by atoms with Crippen molar-refractivity contribution in [1.82, 2.24) is 15.5 Å². The highest BCUT2D eigenvalue weighted by atomic mass is 32.1. The highest BCUT2D eigenvalue weighted by Gasteiger charge is 2.14. The lowest BCUT2D eigenvalue weighted by molar-refractivity contribution is 0.0950. The van der Waals surface area contributed by atoms with Crippen molar-refractivity contribution in [3.63, 3.8) is 0 Å². The number of rotatable bonds is 8. The molecule has 4 aromatic rings. The van der Waals surface area contributed by atoms with E-state index in [-0.39, 0.29) is 23.3 Å². The number of halogens is 1. The van der Waals surface area contributed by atoms with Crippen molar-refractivity contribution in [3.05, 3.63) is 105 Å². The Morgan fingerprint density at radius 3 is 2.41 bits per heavy atom. The molecule has 1 aromatic heterocycles. The van der Waals surface area contributed by atoms with Gasteiger partial charge in [0.15, 0.2) is 5.01 Å². The molecule has 172 valence electrons. The molecule has 0 atom stereocenters. The zero-order chi connectivity index (χ0) is 23.9. The number of carbonyl (C=O) groups is 2. The monoisotopic (exact) mass is 476 g/mol. The van der Waals surface area contributed by atoms with Crippen LogP contribution >= 0.6 is 11.3 Å². The topological polar surface area (TPSA) is 93.2 Å². The molecular weight excluding hydrogens is 455 g/mol. The van der Waals surface area contributed by atoms with Gasteiger partial charge in [0.25, 0.3) is 11.8 Å². The maximum absolute atomic E-state index is 13.0. The smallest absolute Gasteiger partial charge is 0.286 e. The molecule has 0 radical (unpaired) electrons. The summed E-state index contributed by atoms with van der Waals surface area (Å²) in [6, 6.07) is 20.1. The fourth-order valence-corrected chi connectivity index (χ4v) is 3.70. The highest BCUT2D eigenvalue weighted by molar-refractivity contribution is 7.13. The van der Waals surface area contributed by atoms with Crippen LogP contribution in [0.5, 0.6) is 5.75 Å². The molecule has 0 bridgehead atoms. The van der Waals surface area contributed by atoms with E-state index in [1.54, 1.807) is 24.3 Å². The third-order valence-electron chi connectivity index (χ3n) is 4.94. The number of aromatic nitrogens is 2. The summed E-state index contributed by atoms with van der Waals surface area (Å²) >= 11 is 1.10. The third kappa shape index (κ3) is 6.02. The Morgan fingerprint density at radius 1 is 0.941 bits per heavy atom. The average Bonchev–Trinajstić information content (AvgIpc) is 3.33. The molecule has 3 aromatic carbocycles. The fraction of sp³-hybridized carbons (Fsp3) is 0.120. The summed E-state index contributed by atoms with van der Waals surface area (Å²) in [5.41, 5.74) is 3.18. The second-order valence-corrected chi connectivity index (χ2v) is 8.45. The minimum absolute atomic E-state index is 0.114. The predicted molar refractivity (Wildman–Crippen MR) is 127 cm³/mol. The maximum atomic E-state index is 13.0. The van der Waals surface area contributed by atoms with Crippen LogP contribution in [-0.4, -0.2) is 22.0 Å². The molecule has 0 unspecified atom stereocenters. The van der Waals surface area contributed by atoms with Crippen LogP contribution in [0.4, 0.5) is 10.1 Å². The fourth-order valence-electron chi connectivity index (χ4n) is 3.06. The summed E-state index contributed by atoms with van der Waals surface area (Å²) < 4.78 is 18.5. The van der Waals surface area contributed by atoms with Crippen LogP contribution in [0.25, 0.3) is 0 Å². The van der Waals surface area contributed by atoms with Crippen molar-refractivity contribution in [1.29, 1.82) is 0 Å². The van der Waals surface area contributed by atoms with E-state index >= 15 is 0 Å². The summed E-state index contributed by atoms with van der Waals surface area (Å²) in [7, 11) is 0. The zero-order valence-corrected chi connectivity index (χ0v) is 19.1. The van der Waals surface area contributed by atoms with Gasteiger partial charge in [-0.25, -0.2) is 4.39 Å². The average molecular weight is 477 g/mol. The molecule has 0 aliphatic carbocycles. The molecule has 1 heterocycles. The van der Waals surface area contributed by atoms with Crippen molar-refractivity contribution in [2.24, 2.45) is 0 Å². The summed E-state index contributed by atoms with van der Waals surface area (Å²) in [5.74, 6) is -0.470. The SMILES string of the molecule is Cc1ccccc1CNC(=O)c1ccc(NC(=O)c2nnc(COc3ccc(F)cc3)s2)cc1. The Kier molecular flexibility index (Phi) is 7.24. The Labute approximate surface area is 199 Å². The number of anilines is 1. The number of nitrogens with zero attached hydrogens (tertiary/aromatic N) is 2. The van der Waals surface area contributed by atoms with E-state index in [4.69, 9.17) is 4.74 Å². The molecule has 2 amide bonds. The van der Waals surface area contributed by atoms with Crippen molar-refractivity contribution < 1.29 is 18.7 Å². The molecule has 34 heavy (non-hydrogen) atoms. The predicted octanol–water partition coefficient (Wildman–Crippen LogP) is 4.75. The normalized spacial score (nSPS) is 10.5. The van der Waals surface area contributed by atoms with E-state index in [0.29, 0.717) is 28.6 Å². The first kappa shape index (κ1) is 23.1. The van der Waals surface area contributed by atoms with Gasteiger partial charge in [-0.3, -0.25) is 9.59 Å². The first-order valence-corrected chi connectivity index (χ1v) is 11.2.